The molecule has 1 aromatic carbocycles. The first-order valence-corrected chi connectivity index (χ1v) is 8.64. The van der Waals surface area contributed by atoms with E-state index in [1.807, 2.05) is 0 Å². The summed E-state index contributed by atoms with van der Waals surface area (Å²) in [4.78, 5) is 26.4. The van der Waals surface area contributed by atoms with E-state index in [0.717, 1.165) is 12.2 Å². The van der Waals surface area contributed by atoms with Crippen LogP contribution in [0.5, 0.6) is 0 Å². The Morgan fingerprint density at radius 2 is 2.00 bits per heavy atom. The summed E-state index contributed by atoms with van der Waals surface area (Å²) in [5.41, 5.74) is 1.01. The first kappa shape index (κ1) is 15.1. The van der Waals surface area contributed by atoms with Crippen LogP contribution in [0.4, 0.5) is 0 Å². The predicted octanol–water partition coefficient (Wildman–Crippen LogP) is 4.44. The van der Waals surface area contributed by atoms with Gasteiger partial charge < -0.3 is 9.52 Å². The van der Waals surface area contributed by atoms with E-state index in [9.17, 15) is 9.59 Å². The molecule has 0 bridgehead atoms. The van der Waals surface area contributed by atoms with Gasteiger partial charge in [-0.15, -0.1) is 11.3 Å². The lowest BCUT2D eigenvalue weighted by atomic mass is 10.1. The number of rotatable bonds is 3. The second-order valence-corrected chi connectivity index (χ2v) is 7.65. The lowest BCUT2D eigenvalue weighted by molar-refractivity contribution is 0.0697. The molecule has 0 saturated heterocycles. The van der Waals surface area contributed by atoms with Gasteiger partial charge >= 0.3 is 5.97 Å². The number of hydrogen-bond acceptors (Lipinski definition) is 4. The van der Waals surface area contributed by atoms with Gasteiger partial charge in [-0.25, -0.2) is 4.79 Å². The Morgan fingerprint density at radius 1 is 1.21 bits per heavy atom. The highest BCUT2D eigenvalue weighted by Crippen LogP contribution is 2.56. The minimum absolute atomic E-state index is 0.0975. The molecule has 4 rings (SSSR count). The third-order valence-corrected chi connectivity index (χ3v) is 5.79. The first-order valence-electron chi connectivity index (χ1n) is 7.82. The molecular formula is C19H16O4S. The van der Waals surface area contributed by atoms with Gasteiger partial charge in [0.25, 0.3) is 0 Å². The third kappa shape index (κ3) is 2.36. The summed E-state index contributed by atoms with van der Waals surface area (Å²) in [6.07, 6.45) is 0.989. The van der Waals surface area contributed by atoms with Crippen molar-refractivity contribution in [3.8, 4) is 0 Å². The highest BCUT2D eigenvalue weighted by molar-refractivity contribution is 7.12. The molecule has 4 nitrogen and oxygen atoms in total. The van der Waals surface area contributed by atoms with Gasteiger partial charge in [-0.05, 0) is 50.6 Å². The molecule has 2 aromatic heterocycles. The Kier molecular flexibility index (Phi) is 3.35. The largest absolute Gasteiger partial charge is 0.478 e. The average Bonchev–Trinajstić information content (AvgIpc) is 3.24. The maximum atomic E-state index is 12.7. The smallest absolute Gasteiger partial charge is 0.335 e. The van der Waals surface area contributed by atoms with Crippen LogP contribution in [0.25, 0.3) is 11.0 Å². The van der Waals surface area contributed by atoms with E-state index in [-0.39, 0.29) is 16.9 Å². The Hall–Kier alpha value is -2.40. The highest BCUT2D eigenvalue weighted by atomic mass is 32.1. The second kappa shape index (κ2) is 5.31. The fourth-order valence-electron chi connectivity index (χ4n) is 3.24. The molecule has 5 heteroatoms. The molecule has 2 unspecified atom stereocenters. The predicted molar refractivity (Wildman–Crippen MR) is 93.3 cm³/mol. The standard InChI is InChI=1S/C19H16O4S/c1-9-3-6-16(24-9)12-8-13(12)18-10(2)17(20)14-7-11(19(21)22)4-5-15(14)23-18/h3-7,12-13H,8H2,1-2H3,(H,21,22). The molecule has 0 amide bonds. The normalized spacial score (nSPS) is 19.6. The van der Waals surface area contributed by atoms with E-state index >= 15 is 0 Å². The zero-order valence-corrected chi connectivity index (χ0v) is 14.1. The Balaban J connectivity index is 1.78. The van der Waals surface area contributed by atoms with E-state index in [4.69, 9.17) is 9.52 Å². The van der Waals surface area contributed by atoms with Crippen molar-refractivity contribution >= 4 is 28.3 Å². The number of carboxylic acid groups (broad SMARTS) is 1. The number of aromatic carboxylic acids is 1. The minimum Gasteiger partial charge on any atom is -0.478 e. The molecule has 0 spiro atoms. The van der Waals surface area contributed by atoms with E-state index < -0.39 is 5.97 Å². The first-order chi connectivity index (χ1) is 11.5. The van der Waals surface area contributed by atoms with Crippen LogP contribution in [0.1, 0.15) is 49.7 Å². The van der Waals surface area contributed by atoms with Gasteiger partial charge in [0.15, 0.2) is 5.43 Å². The van der Waals surface area contributed by atoms with Crippen molar-refractivity contribution in [3.05, 3.63) is 67.2 Å². The average molecular weight is 340 g/mol. The topological polar surface area (TPSA) is 67.5 Å². The Labute approximate surface area is 142 Å². The zero-order valence-electron chi connectivity index (χ0n) is 13.3. The molecular weight excluding hydrogens is 324 g/mol. The second-order valence-electron chi connectivity index (χ2n) is 6.33. The summed E-state index contributed by atoms with van der Waals surface area (Å²) in [7, 11) is 0. The van der Waals surface area contributed by atoms with Gasteiger partial charge in [-0.1, -0.05) is 0 Å². The Morgan fingerprint density at radius 3 is 2.67 bits per heavy atom. The van der Waals surface area contributed by atoms with Crippen LogP contribution in [0.15, 0.2) is 39.5 Å². The van der Waals surface area contributed by atoms with E-state index in [0.29, 0.717) is 22.5 Å². The molecule has 2 atom stereocenters. The molecule has 3 aromatic rings. The molecule has 1 aliphatic carbocycles. The lowest BCUT2D eigenvalue weighted by Crippen LogP contribution is -2.10. The van der Waals surface area contributed by atoms with E-state index in [1.165, 1.54) is 21.9 Å². The molecule has 2 heterocycles. The van der Waals surface area contributed by atoms with Crippen LogP contribution < -0.4 is 5.43 Å². The molecule has 24 heavy (non-hydrogen) atoms. The number of carbonyl (C=O) groups is 1. The number of fused-ring (bicyclic) bond motifs is 1. The maximum Gasteiger partial charge on any atom is 0.335 e. The molecule has 1 N–H and O–H groups in total. The van der Waals surface area contributed by atoms with Crippen LogP contribution >= 0.6 is 11.3 Å². The Bertz CT molecular complexity index is 1030. The minimum atomic E-state index is -1.05. The van der Waals surface area contributed by atoms with Gasteiger partial charge in [-0.2, -0.15) is 0 Å². The quantitative estimate of drug-likeness (QED) is 0.765. The van der Waals surface area contributed by atoms with Crippen LogP contribution in [-0.2, 0) is 0 Å². The summed E-state index contributed by atoms with van der Waals surface area (Å²) >= 11 is 1.79. The maximum absolute atomic E-state index is 12.7. The van der Waals surface area contributed by atoms with Gasteiger partial charge in [-0.3, -0.25) is 4.79 Å². The molecule has 0 aliphatic heterocycles. The van der Waals surface area contributed by atoms with Crippen molar-refractivity contribution in [2.24, 2.45) is 0 Å². The van der Waals surface area contributed by atoms with Crippen LogP contribution in [-0.4, -0.2) is 11.1 Å². The fraction of sp³-hybridized carbons (Fsp3) is 0.263. The van der Waals surface area contributed by atoms with Crippen molar-refractivity contribution < 1.29 is 14.3 Å². The van der Waals surface area contributed by atoms with E-state index in [2.05, 4.69) is 19.1 Å². The fourth-order valence-corrected chi connectivity index (χ4v) is 4.30. The summed E-state index contributed by atoms with van der Waals surface area (Å²) in [5.74, 6) is 0.348. The van der Waals surface area contributed by atoms with Gasteiger partial charge in [0.1, 0.15) is 11.3 Å². The zero-order chi connectivity index (χ0) is 17.0. The van der Waals surface area contributed by atoms with Crippen molar-refractivity contribution in [2.75, 3.05) is 0 Å². The summed E-state index contributed by atoms with van der Waals surface area (Å²) in [6, 6.07) is 8.72. The molecule has 122 valence electrons. The van der Waals surface area contributed by atoms with Gasteiger partial charge in [0, 0.05) is 27.2 Å². The molecule has 1 saturated carbocycles. The number of carboxylic acids is 1. The van der Waals surface area contributed by atoms with E-state index in [1.54, 1.807) is 24.3 Å². The number of thiophene rings is 1. The van der Waals surface area contributed by atoms with Gasteiger partial charge in [0.2, 0.25) is 0 Å². The summed E-state index contributed by atoms with van der Waals surface area (Å²) in [6.45, 7) is 3.86. The van der Waals surface area contributed by atoms with Crippen molar-refractivity contribution in [2.45, 2.75) is 32.1 Å². The molecule has 1 aliphatic rings. The van der Waals surface area contributed by atoms with Crippen LogP contribution in [0.3, 0.4) is 0 Å². The highest BCUT2D eigenvalue weighted by Gasteiger charge is 2.43. The number of benzene rings is 1. The molecule has 1 fully saturated rings. The monoisotopic (exact) mass is 340 g/mol. The number of aryl methyl sites for hydroxylation is 1. The summed E-state index contributed by atoms with van der Waals surface area (Å²) < 4.78 is 6.00. The van der Waals surface area contributed by atoms with Gasteiger partial charge in [0.05, 0.1) is 10.9 Å². The van der Waals surface area contributed by atoms with Crippen molar-refractivity contribution in [1.82, 2.24) is 0 Å². The van der Waals surface area contributed by atoms with Crippen LogP contribution in [0, 0.1) is 13.8 Å². The SMILES string of the molecule is Cc1ccc(C2CC2c2oc3ccc(C(=O)O)cc3c(=O)c2C)s1. The van der Waals surface area contributed by atoms with Crippen molar-refractivity contribution in [1.29, 1.82) is 0 Å². The summed E-state index contributed by atoms with van der Waals surface area (Å²) in [5, 5.41) is 9.42. The number of hydrogen-bond donors (Lipinski definition) is 1. The molecule has 0 radical (unpaired) electrons. The van der Waals surface area contributed by atoms with Crippen molar-refractivity contribution in [3.63, 3.8) is 0 Å². The lowest BCUT2D eigenvalue weighted by Gasteiger charge is -2.07. The third-order valence-electron chi connectivity index (χ3n) is 4.66. The van der Waals surface area contributed by atoms with Crippen LogP contribution in [0.2, 0.25) is 0 Å².